The number of ether oxygens (including phenoxy) is 1. The standard InChI is InChI=1S/C20H25FN4O2.HI/c1-3-23-20(25-13-15-6-4-7-16(10-15)19(22)26)24-12-14(2)27-18-9-5-8-17(21)11-18;/h4-11,14H,3,12-13H2,1-2H3,(H2,22,26)(H2,23,24,25);1H. The van der Waals surface area contributed by atoms with Gasteiger partial charge in [0.2, 0.25) is 5.91 Å². The van der Waals surface area contributed by atoms with Crippen LogP contribution in [-0.2, 0) is 6.54 Å². The number of benzene rings is 2. The molecule has 28 heavy (non-hydrogen) atoms. The van der Waals surface area contributed by atoms with Crippen molar-refractivity contribution < 1.29 is 13.9 Å². The summed E-state index contributed by atoms with van der Waals surface area (Å²) in [7, 11) is 0. The molecule has 0 radical (unpaired) electrons. The van der Waals surface area contributed by atoms with Crippen LogP contribution in [0.25, 0.3) is 0 Å². The van der Waals surface area contributed by atoms with Gasteiger partial charge in [0.05, 0.1) is 13.1 Å². The third-order valence-corrected chi connectivity index (χ3v) is 3.67. The Morgan fingerprint density at radius 3 is 2.64 bits per heavy atom. The first kappa shape index (κ1) is 23.7. The summed E-state index contributed by atoms with van der Waals surface area (Å²) in [5.74, 6) is 0.307. The lowest BCUT2D eigenvalue weighted by Gasteiger charge is -2.17. The highest BCUT2D eigenvalue weighted by Gasteiger charge is 2.07. The van der Waals surface area contributed by atoms with E-state index in [0.717, 1.165) is 5.56 Å². The molecule has 2 aromatic carbocycles. The van der Waals surface area contributed by atoms with E-state index < -0.39 is 5.91 Å². The Kier molecular flexibility index (Phi) is 10.3. The number of carbonyl (C=O) groups is 1. The molecule has 0 aromatic heterocycles. The zero-order valence-corrected chi connectivity index (χ0v) is 18.3. The molecule has 0 aliphatic heterocycles. The summed E-state index contributed by atoms with van der Waals surface area (Å²) in [5, 5.41) is 6.34. The molecular formula is C20H26FIN4O2. The van der Waals surface area contributed by atoms with Gasteiger partial charge in [0, 0.05) is 18.2 Å². The second-order valence-corrected chi connectivity index (χ2v) is 6.03. The van der Waals surface area contributed by atoms with Gasteiger partial charge < -0.3 is 21.1 Å². The van der Waals surface area contributed by atoms with E-state index in [0.29, 0.717) is 36.9 Å². The van der Waals surface area contributed by atoms with E-state index in [-0.39, 0.29) is 35.9 Å². The fourth-order valence-corrected chi connectivity index (χ4v) is 2.39. The van der Waals surface area contributed by atoms with Crippen molar-refractivity contribution in [3.05, 3.63) is 65.5 Å². The van der Waals surface area contributed by atoms with Crippen LogP contribution < -0.4 is 21.1 Å². The molecular weight excluding hydrogens is 474 g/mol. The van der Waals surface area contributed by atoms with Crippen molar-refractivity contribution in [1.82, 2.24) is 10.6 Å². The molecule has 4 N–H and O–H groups in total. The van der Waals surface area contributed by atoms with E-state index in [9.17, 15) is 9.18 Å². The van der Waals surface area contributed by atoms with Crippen LogP contribution in [0.2, 0.25) is 0 Å². The van der Waals surface area contributed by atoms with Crippen molar-refractivity contribution in [2.75, 3.05) is 13.1 Å². The summed E-state index contributed by atoms with van der Waals surface area (Å²) >= 11 is 0. The summed E-state index contributed by atoms with van der Waals surface area (Å²) in [6.45, 7) is 5.45. The van der Waals surface area contributed by atoms with Gasteiger partial charge in [-0.2, -0.15) is 0 Å². The Morgan fingerprint density at radius 2 is 1.96 bits per heavy atom. The number of halogens is 2. The molecule has 0 saturated heterocycles. The molecule has 1 amide bonds. The monoisotopic (exact) mass is 500 g/mol. The number of nitrogens with one attached hydrogen (secondary N) is 2. The molecule has 0 spiro atoms. The van der Waals surface area contributed by atoms with Gasteiger partial charge in [-0.05, 0) is 43.7 Å². The van der Waals surface area contributed by atoms with Crippen LogP contribution >= 0.6 is 24.0 Å². The molecule has 2 aromatic rings. The summed E-state index contributed by atoms with van der Waals surface area (Å²) in [6.07, 6.45) is -0.186. The zero-order chi connectivity index (χ0) is 19.6. The molecule has 0 heterocycles. The van der Waals surface area contributed by atoms with Crippen molar-refractivity contribution in [2.24, 2.45) is 10.7 Å². The van der Waals surface area contributed by atoms with Crippen molar-refractivity contribution in [2.45, 2.75) is 26.5 Å². The molecule has 8 heteroatoms. The van der Waals surface area contributed by atoms with Crippen LogP contribution in [0.15, 0.2) is 53.5 Å². The van der Waals surface area contributed by atoms with Gasteiger partial charge in [0.25, 0.3) is 0 Å². The number of hydrogen-bond acceptors (Lipinski definition) is 3. The second-order valence-electron chi connectivity index (χ2n) is 6.03. The van der Waals surface area contributed by atoms with Crippen LogP contribution in [0, 0.1) is 5.82 Å². The summed E-state index contributed by atoms with van der Waals surface area (Å²) < 4.78 is 18.9. The molecule has 0 aliphatic carbocycles. The number of rotatable bonds is 8. The zero-order valence-electron chi connectivity index (χ0n) is 15.9. The average molecular weight is 500 g/mol. The van der Waals surface area contributed by atoms with Crippen molar-refractivity contribution in [3.63, 3.8) is 0 Å². The maximum absolute atomic E-state index is 13.2. The number of nitrogens with two attached hydrogens (primary N) is 1. The molecule has 0 saturated carbocycles. The van der Waals surface area contributed by atoms with E-state index >= 15 is 0 Å². The topological polar surface area (TPSA) is 88.7 Å². The predicted octanol–water partition coefficient (Wildman–Crippen LogP) is 3.07. The Bertz CT molecular complexity index is 801. The third kappa shape index (κ3) is 8.12. The Labute approximate surface area is 181 Å². The first-order valence-corrected chi connectivity index (χ1v) is 8.81. The SMILES string of the molecule is CCNC(=NCc1cccc(C(N)=O)c1)NCC(C)Oc1cccc(F)c1.I. The second kappa shape index (κ2) is 12.2. The maximum Gasteiger partial charge on any atom is 0.248 e. The van der Waals surface area contributed by atoms with E-state index in [2.05, 4.69) is 15.6 Å². The molecule has 0 fully saturated rings. The number of hydrogen-bond donors (Lipinski definition) is 3. The largest absolute Gasteiger partial charge is 0.489 e. The highest BCUT2D eigenvalue weighted by Crippen LogP contribution is 2.13. The quantitative estimate of drug-likeness (QED) is 0.296. The van der Waals surface area contributed by atoms with E-state index in [1.807, 2.05) is 19.9 Å². The molecule has 2 rings (SSSR count). The Hall–Kier alpha value is -2.36. The predicted molar refractivity (Wildman–Crippen MR) is 120 cm³/mol. The van der Waals surface area contributed by atoms with Gasteiger partial charge in [-0.1, -0.05) is 18.2 Å². The van der Waals surface area contributed by atoms with Gasteiger partial charge in [0.15, 0.2) is 5.96 Å². The number of aliphatic imine (C=N–C) groups is 1. The normalized spacial score (nSPS) is 11.9. The molecule has 0 bridgehead atoms. The van der Waals surface area contributed by atoms with Gasteiger partial charge in [-0.3, -0.25) is 4.79 Å². The van der Waals surface area contributed by atoms with Gasteiger partial charge in [-0.25, -0.2) is 9.38 Å². The fraction of sp³-hybridized carbons (Fsp3) is 0.300. The molecule has 1 unspecified atom stereocenters. The van der Waals surface area contributed by atoms with Crippen LogP contribution in [0.1, 0.15) is 29.8 Å². The number of carbonyl (C=O) groups excluding carboxylic acids is 1. The van der Waals surface area contributed by atoms with Crippen LogP contribution in [0.5, 0.6) is 5.75 Å². The van der Waals surface area contributed by atoms with Crippen molar-refractivity contribution in [1.29, 1.82) is 0 Å². The van der Waals surface area contributed by atoms with Crippen LogP contribution in [0.3, 0.4) is 0 Å². The first-order chi connectivity index (χ1) is 13.0. The van der Waals surface area contributed by atoms with Crippen LogP contribution in [-0.4, -0.2) is 31.1 Å². The lowest BCUT2D eigenvalue weighted by molar-refractivity contribution is 0.1000. The lowest BCUT2D eigenvalue weighted by Crippen LogP contribution is -2.41. The Balaban J connectivity index is 0.00000392. The molecule has 1 atom stereocenters. The molecule has 152 valence electrons. The first-order valence-electron chi connectivity index (χ1n) is 8.81. The van der Waals surface area contributed by atoms with Crippen molar-refractivity contribution in [3.8, 4) is 5.75 Å². The van der Waals surface area contributed by atoms with E-state index in [4.69, 9.17) is 10.5 Å². The fourth-order valence-electron chi connectivity index (χ4n) is 2.39. The summed E-state index contributed by atoms with van der Waals surface area (Å²) in [5.41, 5.74) is 6.64. The van der Waals surface area contributed by atoms with Crippen molar-refractivity contribution >= 4 is 35.8 Å². The summed E-state index contributed by atoms with van der Waals surface area (Å²) in [4.78, 5) is 15.8. The number of amides is 1. The van der Waals surface area contributed by atoms with Gasteiger partial charge in [0.1, 0.15) is 17.7 Å². The van der Waals surface area contributed by atoms with Gasteiger partial charge in [-0.15, -0.1) is 24.0 Å². The molecule has 6 nitrogen and oxygen atoms in total. The summed E-state index contributed by atoms with van der Waals surface area (Å²) in [6, 6.07) is 13.1. The number of primary amides is 1. The minimum absolute atomic E-state index is 0. The van der Waals surface area contributed by atoms with E-state index in [1.54, 1.807) is 30.3 Å². The minimum Gasteiger partial charge on any atom is -0.489 e. The minimum atomic E-state index is -0.464. The number of guanidine groups is 1. The number of nitrogens with zero attached hydrogens (tertiary/aromatic N) is 1. The lowest BCUT2D eigenvalue weighted by atomic mass is 10.1. The molecule has 0 aliphatic rings. The highest BCUT2D eigenvalue weighted by atomic mass is 127. The van der Waals surface area contributed by atoms with Crippen LogP contribution in [0.4, 0.5) is 4.39 Å². The smallest absolute Gasteiger partial charge is 0.248 e. The maximum atomic E-state index is 13.2. The van der Waals surface area contributed by atoms with E-state index in [1.165, 1.54) is 12.1 Å². The average Bonchev–Trinajstić information content (AvgIpc) is 2.64. The highest BCUT2D eigenvalue weighted by molar-refractivity contribution is 14.0. The third-order valence-electron chi connectivity index (χ3n) is 3.67. The van der Waals surface area contributed by atoms with Gasteiger partial charge >= 0.3 is 0 Å². The Morgan fingerprint density at radius 1 is 1.21 bits per heavy atom.